The van der Waals surface area contributed by atoms with E-state index in [1.165, 1.54) is 25.7 Å². The van der Waals surface area contributed by atoms with E-state index < -0.39 is 0 Å². The second kappa shape index (κ2) is 5.89. The summed E-state index contributed by atoms with van der Waals surface area (Å²) >= 11 is 6.24. The lowest BCUT2D eigenvalue weighted by atomic mass is 9.86. The van der Waals surface area contributed by atoms with E-state index in [2.05, 4.69) is 23.9 Å². The molecule has 0 saturated heterocycles. The Morgan fingerprint density at radius 1 is 1.50 bits per heavy atom. The molecular formula is C14H21ClN2O. The van der Waals surface area contributed by atoms with Gasteiger partial charge in [0, 0.05) is 19.3 Å². The summed E-state index contributed by atoms with van der Waals surface area (Å²) in [6, 6.07) is 2.32. The normalized spacial score (nSPS) is 24.0. The fourth-order valence-electron chi connectivity index (χ4n) is 2.74. The molecule has 1 fully saturated rings. The van der Waals surface area contributed by atoms with Crippen LogP contribution in [0.5, 0.6) is 0 Å². The van der Waals surface area contributed by atoms with Gasteiger partial charge in [0.2, 0.25) is 0 Å². The Bertz CT molecular complexity index is 411. The Labute approximate surface area is 114 Å². The molecule has 1 aliphatic rings. The Morgan fingerprint density at radius 3 is 2.89 bits per heavy atom. The monoisotopic (exact) mass is 268 g/mol. The zero-order valence-corrected chi connectivity index (χ0v) is 11.8. The molecule has 0 spiro atoms. The largest absolute Gasteiger partial charge is 0.392 e. The Kier molecular flexibility index (Phi) is 4.46. The lowest BCUT2D eigenvalue weighted by Gasteiger charge is -2.35. The minimum Gasteiger partial charge on any atom is -0.392 e. The number of hydrogen-bond donors (Lipinski definition) is 1. The van der Waals surface area contributed by atoms with Crippen molar-refractivity contribution >= 4 is 17.4 Å². The molecule has 1 aromatic rings. The minimum absolute atomic E-state index is 0.0167. The molecule has 0 aliphatic heterocycles. The standard InChI is InChI=1S/C14H21ClN2O/c1-10-4-3-5-12(6-10)17(2)14-13(15)7-11(9-18)8-16-14/h7-8,10,12,18H,3-6,9H2,1-2H3. The Hall–Kier alpha value is -0.800. The lowest BCUT2D eigenvalue weighted by Crippen LogP contribution is -2.36. The van der Waals surface area contributed by atoms with Crippen LogP contribution in [0.1, 0.15) is 38.2 Å². The van der Waals surface area contributed by atoms with Crippen LogP contribution in [-0.2, 0) is 6.61 Å². The van der Waals surface area contributed by atoms with E-state index >= 15 is 0 Å². The first-order valence-electron chi connectivity index (χ1n) is 6.60. The van der Waals surface area contributed by atoms with Crippen molar-refractivity contribution in [2.75, 3.05) is 11.9 Å². The number of pyridine rings is 1. The number of aliphatic hydroxyl groups excluding tert-OH is 1. The number of aliphatic hydroxyl groups is 1. The highest BCUT2D eigenvalue weighted by Gasteiger charge is 2.24. The van der Waals surface area contributed by atoms with Crippen LogP contribution in [0, 0.1) is 5.92 Å². The summed E-state index contributed by atoms with van der Waals surface area (Å²) in [7, 11) is 2.07. The maximum Gasteiger partial charge on any atom is 0.147 e. The van der Waals surface area contributed by atoms with Gasteiger partial charge in [0.05, 0.1) is 11.6 Å². The van der Waals surface area contributed by atoms with Crippen LogP contribution in [0.4, 0.5) is 5.82 Å². The quantitative estimate of drug-likeness (QED) is 0.914. The molecule has 2 rings (SSSR count). The highest BCUT2D eigenvalue weighted by molar-refractivity contribution is 6.33. The molecular weight excluding hydrogens is 248 g/mol. The van der Waals surface area contributed by atoms with Gasteiger partial charge in [-0.3, -0.25) is 0 Å². The van der Waals surface area contributed by atoms with Crippen molar-refractivity contribution < 1.29 is 5.11 Å². The van der Waals surface area contributed by atoms with E-state index in [0.29, 0.717) is 11.1 Å². The highest BCUT2D eigenvalue weighted by Crippen LogP contribution is 2.32. The zero-order valence-electron chi connectivity index (χ0n) is 11.1. The molecule has 100 valence electrons. The molecule has 1 saturated carbocycles. The molecule has 0 radical (unpaired) electrons. The summed E-state index contributed by atoms with van der Waals surface area (Å²) in [6.07, 6.45) is 6.72. The summed E-state index contributed by atoms with van der Waals surface area (Å²) in [4.78, 5) is 6.58. The van der Waals surface area contributed by atoms with Crippen molar-refractivity contribution in [2.24, 2.45) is 5.92 Å². The third-order valence-corrected chi connectivity index (χ3v) is 4.13. The predicted molar refractivity (Wildman–Crippen MR) is 75.0 cm³/mol. The first kappa shape index (κ1) is 13.6. The van der Waals surface area contributed by atoms with E-state index in [1.54, 1.807) is 12.3 Å². The molecule has 1 N–H and O–H groups in total. The van der Waals surface area contributed by atoms with E-state index in [-0.39, 0.29) is 6.61 Å². The molecule has 2 unspecified atom stereocenters. The van der Waals surface area contributed by atoms with Gasteiger partial charge in [0.1, 0.15) is 5.82 Å². The van der Waals surface area contributed by atoms with Crippen molar-refractivity contribution in [3.05, 3.63) is 22.8 Å². The summed E-state index contributed by atoms with van der Waals surface area (Å²) in [5.41, 5.74) is 0.758. The first-order chi connectivity index (χ1) is 8.61. The second-order valence-corrected chi connectivity index (χ2v) is 5.75. The molecule has 0 bridgehead atoms. The van der Waals surface area contributed by atoms with Crippen LogP contribution in [0.15, 0.2) is 12.3 Å². The topological polar surface area (TPSA) is 36.4 Å². The van der Waals surface area contributed by atoms with Gasteiger partial charge in [-0.1, -0.05) is 31.4 Å². The number of halogens is 1. The fraction of sp³-hybridized carbons (Fsp3) is 0.643. The van der Waals surface area contributed by atoms with Gasteiger partial charge >= 0.3 is 0 Å². The number of nitrogens with zero attached hydrogens (tertiary/aromatic N) is 2. The molecule has 1 aliphatic carbocycles. The van der Waals surface area contributed by atoms with E-state index in [4.69, 9.17) is 16.7 Å². The van der Waals surface area contributed by atoms with Crippen LogP contribution in [0.2, 0.25) is 5.02 Å². The molecule has 18 heavy (non-hydrogen) atoms. The second-order valence-electron chi connectivity index (χ2n) is 5.34. The molecule has 1 aromatic heterocycles. The van der Waals surface area contributed by atoms with Crippen molar-refractivity contribution in [3.8, 4) is 0 Å². The van der Waals surface area contributed by atoms with Crippen molar-refractivity contribution in [2.45, 2.75) is 45.3 Å². The van der Waals surface area contributed by atoms with E-state index in [1.807, 2.05) is 0 Å². The predicted octanol–water partition coefficient (Wildman–Crippen LogP) is 3.24. The third kappa shape index (κ3) is 2.96. The van der Waals surface area contributed by atoms with Crippen LogP contribution in [-0.4, -0.2) is 23.2 Å². The summed E-state index contributed by atoms with van der Waals surface area (Å²) in [5, 5.41) is 9.69. The fourth-order valence-corrected chi connectivity index (χ4v) is 3.07. The first-order valence-corrected chi connectivity index (χ1v) is 6.97. The maximum absolute atomic E-state index is 9.06. The van der Waals surface area contributed by atoms with Crippen LogP contribution < -0.4 is 4.90 Å². The smallest absolute Gasteiger partial charge is 0.147 e. The summed E-state index contributed by atoms with van der Waals surface area (Å²) in [6.45, 7) is 2.29. The molecule has 3 nitrogen and oxygen atoms in total. The van der Waals surface area contributed by atoms with E-state index in [0.717, 1.165) is 17.3 Å². The molecule has 0 amide bonds. The average molecular weight is 269 g/mol. The third-order valence-electron chi connectivity index (χ3n) is 3.85. The van der Waals surface area contributed by atoms with Gasteiger partial charge in [-0.15, -0.1) is 0 Å². The lowest BCUT2D eigenvalue weighted by molar-refractivity contribution is 0.281. The van der Waals surface area contributed by atoms with Crippen LogP contribution >= 0.6 is 11.6 Å². The molecule has 0 aromatic carbocycles. The van der Waals surface area contributed by atoms with Crippen molar-refractivity contribution in [1.29, 1.82) is 0 Å². The van der Waals surface area contributed by atoms with Gasteiger partial charge in [0.25, 0.3) is 0 Å². The molecule has 4 heteroatoms. The number of aromatic nitrogens is 1. The van der Waals surface area contributed by atoms with Crippen molar-refractivity contribution in [3.63, 3.8) is 0 Å². The highest BCUT2D eigenvalue weighted by atomic mass is 35.5. The zero-order chi connectivity index (χ0) is 13.1. The van der Waals surface area contributed by atoms with Gasteiger partial charge in [-0.05, 0) is 30.4 Å². The van der Waals surface area contributed by atoms with Gasteiger partial charge in [-0.2, -0.15) is 0 Å². The molecule has 1 heterocycles. The number of rotatable bonds is 3. The van der Waals surface area contributed by atoms with Gasteiger partial charge in [0.15, 0.2) is 0 Å². The van der Waals surface area contributed by atoms with Gasteiger partial charge in [-0.25, -0.2) is 4.98 Å². The SMILES string of the molecule is CC1CCCC(N(C)c2ncc(CO)cc2Cl)C1. The maximum atomic E-state index is 9.06. The van der Waals surface area contributed by atoms with Gasteiger partial charge < -0.3 is 10.0 Å². The average Bonchev–Trinajstić information content (AvgIpc) is 2.37. The Morgan fingerprint density at radius 2 is 2.28 bits per heavy atom. The van der Waals surface area contributed by atoms with E-state index in [9.17, 15) is 0 Å². The van der Waals surface area contributed by atoms with Crippen LogP contribution in [0.3, 0.4) is 0 Å². The number of anilines is 1. The minimum atomic E-state index is -0.0167. The van der Waals surface area contributed by atoms with Crippen molar-refractivity contribution in [1.82, 2.24) is 4.98 Å². The Balaban J connectivity index is 2.15. The summed E-state index contributed by atoms with van der Waals surface area (Å²) in [5.74, 6) is 1.61. The van der Waals surface area contributed by atoms with Crippen LogP contribution in [0.25, 0.3) is 0 Å². The molecule has 2 atom stereocenters. The number of hydrogen-bond acceptors (Lipinski definition) is 3. The summed E-state index contributed by atoms with van der Waals surface area (Å²) < 4.78 is 0.